The van der Waals surface area contributed by atoms with E-state index in [9.17, 15) is 25.0 Å². The maximum Gasteiger partial charge on any atom is 0.305 e. The summed E-state index contributed by atoms with van der Waals surface area (Å²) in [5, 5.41) is 20.6. The van der Waals surface area contributed by atoms with Gasteiger partial charge in [0.15, 0.2) is 12.0 Å². The zero-order valence-electron chi connectivity index (χ0n) is 6.61. The highest BCUT2D eigenvalue weighted by Gasteiger charge is 2.19. The van der Waals surface area contributed by atoms with Crippen molar-refractivity contribution in [3.63, 3.8) is 0 Å². The van der Waals surface area contributed by atoms with E-state index in [1.54, 1.807) is 0 Å². The molecule has 0 N–H and O–H groups in total. The number of aromatic nitrogens is 1. The Morgan fingerprint density at radius 3 is 2.36 bits per heavy atom. The van der Waals surface area contributed by atoms with Crippen LogP contribution in [0.25, 0.3) is 0 Å². The summed E-state index contributed by atoms with van der Waals surface area (Å²) >= 11 is 0. The summed E-state index contributed by atoms with van der Waals surface area (Å²) in [6, 6.07) is 0.691. The van der Waals surface area contributed by atoms with Gasteiger partial charge in [0.2, 0.25) is 0 Å². The summed E-state index contributed by atoms with van der Waals surface area (Å²) in [6.07, 6.45) is 0.957. The van der Waals surface area contributed by atoms with Crippen LogP contribution in [0.2, 0.25) is 0 Å². The summed E-state index contributed by atoms with van der Waals surface area (Å²) in [7, 11) is 0. The molecule has 0 amide bonds. The summed E-state index contributed by atoms with van der Waals surface area (Å²) in [4.78, 5) is 32.4. The first-order valence-electron chi connectivity index (χ1n) is 3.30. The molecule has 0 saturated carbocycles. The Balaban J connectivity index is 3.34. The average Bonchev–Trinajstić information content (AvgIpc) is 2.16. The fraction of sp³-hybridized carbons (Fsp3) is 0. The van der Waals surface area contributed by atoms with Gasteiger partial charge in [-0.05, 0) is 0 Å². The second-order valence-electron chi connectivity index (χ2n) is 2.23. The molecule has 1 heterocycles. The fourth-order valence-electron chi connectivity index (χ4n) is 0.790. The van der Waals surface area contributed by atoms with Crippen LogP contribution in [0.4, 0.5) is 11.4 Å². The lowest BCUT2D eigenvalue weighted by atomic mass is 10.3. The van der Waals surface area contributed by atoms with E-state index in [4.69, 9.17) is 0 Å². The van der Waals surface area contributed by atoms with Crippen LogP contribution >= 0.6 is 0 Å². The minimum absolute atomic E-state index is 0.169. The number of rotatable bonds is 3. The molecule has 0 saturated heterocycles. The van der Waals surface area contributed by atoms with Gasteiger partial charge in [-0.15, -0.1) is 0 Å². The van der Waals surface area contributed by atoms with Crippen LogP contribution in [0.15, 0.2) is 12.3 Å². The molecule has 0 radical (unpaired) electrons. The van der Waals surface area contributed by atoms with E-state index in [1.165, 1.54) is 0 Å². The van der Waals surface area contributed by atoms with E-state index in [1.807, 2.05) is 0 Å². The average molecular weight is 197 g/mol. The molecule has 1 aromatic rings. The number of carbonyl (C=O) groups excluding carboxylic acids is 1. The van der Waals surface area contributed by atoms with Gasteiger partial charge in [-0.2, -0.15) is 0 Å². The standard InChI is InChI=1S/C6H3N3O5/c10-3-5-6(9(13)14)1-4(2-7-5)8(11)12/h1-3H. The molecule has 1 rings (SSSR count). The number of hydrogen-bond donors (Lipinski definition) is 0. The van der Waals surface area contributed by atoms with Crippen LogP contribution in [-0.2, 0) is 0 Å². The molecule has 0 bridgehead atoms. The quantitative estimate of drug-likeness (QED) is 0.400. The van der Waals surface area contributed by atoms with Crippen molar-refractivity contribution in [1.82, 2.24) is 4.98 Å². The van der Waals surface area contributed by atoms with E-state index >= 15 is 0 Å². The van der Waals surface area contributed by atoms with Gasteiger partial charge in [-0.3, -0.25) is 25.0 Å². The maximum atomic E-state index is 10.3. The SMILES string of the molecule is O=Cc1ncc([N+](=O)[O-])cc1[N+](=O)[O-]. The molecule has 0 unspecified atom stereocenters. The van der Waals surface area contributed by atoms with Gasteiger partial charge in [0, 0.05) is 0 Å². The van der Waals surface area contributed by atoms with Crippen LogP contribution < -0.4 is 0 Å². The van der Waals surface area contributed by atoms with Gasteiger partial charge in [-0.1, -0.05) is 0 Å². The summed E-state index contributed by atoms with van der Waals surface area (Å²) in [5.74, 6) is 0. The van der Waals surface area contributed by atoms with Gasteiger partial charge in [0.05, 0.1) is 15.9 Å². The number of pyridine rings is 1. The normalized spacial score (nSPS) is 9.43. The molecule has 0 aromatic carbocycles. The number of nitrogens with zero attached hydrogens (tertiary/aromatic N) is 3. The molecule has 0 aliphatic heterocycles. The van der Waals surface area contributed by atoms with Crippen molar-refractivity contribution in [2.45, 2.75) is 0 Å². The van der Waals surface area contributed by atoms with Gasteiger partial charge in [0.1, 0.15) is 6.20 Å². The highest BCUT2D eigenvalue weighted by atomic mass is 16.6. The monoisotopic (exact) mass is 197 g/mol. The largest absolute Gasteiger partial charge is 0.305 e. The molecule has 0 atom stereocenters. The van der Waals surface area contributed by atoms with Crippen LogP contribution in [0.1, 0.15) is 10.5 Å². The third-order valence-electron chi connectivity index (χ3n) is 1.40. The lowest BCUT2D eigenvalue weighted by molar-refractivity contribution is -0.394. The van der Waals surface area contributed by atoms with Crippen molar-refractivity contribution >= 4 is 17.7 Å². The number of nitro groups is 2. The summed E-state index contributed by atoms with van der Waals surface area (Å²) in [5.41, 5.74) is -1.63. The van der Waals surface area contributed by atoms with Crippen molar-refractivity contribution in [2.75, 3.05) is 0 Å². The maximum absolute atomic E-state index is 10.3. The van der Waals surface area contributed by atoms with Gasteiger partial charge >= 0.3 is 5.69 Å². The zero-order valence-corrected chi connectivity index (χ0v) is 6.61. The van der Waals surface area contributed by atoms with Gasteiger partial charge < -0.3 is 0 Å². The van der Waals surface area contributed by atoms with Crippen molar-refractivity contribution in [1.29, 1.82) is 0 Å². The molecule has 1 aromatic heterocycles. The smallest absolute Gasteiger partial charge is 0.296 e. The third-order valence-corrected chi connectivity index (χ3v) is 1.40. The van der Waals surface area contributed by atoms with Crippen LogP contribution in [0.5, 0.6) is 0 Å². The second-order valence-corrected chi connectivity index (χ2v) is 2.23. The van der Waals surface area contributed by atoms with Crippen LogP contribution in [-0.4, -0.2) is 21.1 Å². The highest BCUT2D eigenvalue weighted by Crippen LogP contribution is 2.20. The van der Waals surface area contributed by atoms with Crippen LogP contribution in [0, 0.1) is 20.2 Å². The lowest BCUT2D eigenvalue weighted by Gasteiger charge is -1.94. The highest BCUT2D eigenvalue weighted by molar-refractivity contribution is 5.78. The Bertz CT molecular complexity index is 416. The van der Waals surface area contributed by atoms with Gasteiger partial charge in [0.25, 0.3) is 5.69 Å². The Labute approximate surface area is 76.5 Å². The predicted molar refractivity (Wildman–Crippen MR) is 42.9 cm³/mol. The Kier molecular flexibility index (Phi) is 2.47. The topological polar surface area (TPSA) is 116 Å². The molecule has 72 valence electrons. The molecular weight excluding hydrogens is 194 g/mol. The first-order chi connectivity index (χ1) is 6.56. The van der Waals surface area contributed by atoms with Crippen LogP contribution in [0.3, 0.4) is 0 Å². The molecule has 8 nitrogen and oxygen atoms in total. The molecule has 14 heavy (non-hydrogen) atoms. The van der Waals surface area contributed by atoms with E-state index in [0.29, 0.717) is 6.07 Å². The third kappa shape index (κ3) is 1.68. The van der Waals surface area contributed by atoms with E-state index < -0.39 is 26.9 Å². The van der Waals surface area contributed by atoms with Crippen molar-refractivity contribution in [3.8, 4) is 0 Å². The minimum Gasteiger partial charge on any atom is -0.296 e. The van der Waals surface area contributed by atoms with Gasteiger partial charge in [-0.25, -0.2) is 4.98 Å². The minimum atomic E-state index is -0.899. The van der Waals surface area contributed by atoms with Crippen molar-refractivity contribution in [2.24, 2.45) is 0 Å². The number of aldehydes is 1. The Hall–Kier alpha value is -2.38. The molecule has 0 aliphatic rings. The molecule has 0 fully saturated rings. The molecule has 0 aliphatic carbocycles. The first-order valence-corrected chi connectivity index (χ1v) is 3.30. The molecule has 0 spiro atoms. The molecular formula is C6H3N3O5. The van der Waals surface area contributed by atoms with E-state index in [0.717, 1.165) is 6.20 Å². The fourth-order valence-corrected chi connectivity index (χ4v) is 0.790. The Morgan fingerprint density at radius 1 is 1.29 bits per heavy atom. The van der Waals surface area contributed by atoms with Crippen molar-refractivity contribution < 1.29 is 14.6 Å². The van der Waals surface area contributed by atoms with Crippen molar-refractivity contribution in [3.05, 3.63) is 38.2 Å². The van der Waals surface area contributed by atoms with E-state index in [2.05, 4.69) is 4.98 Å². The predicted octanol–water partition coefficient (Wildman–Crippen LogP) is 0.710. The number of hydrogen-bond acceptors (Lipinski definition) is 6. The first kappa shape index (κ1) is 9.71. The molecule has 8 heteroatoms. The summed E-state index contributed by atoms with van der Waals surface area (Å²) < 4.78 is 0. The lowest BCUT2D eigenvalue weighted by Crippen LogP contribution is -1.99. The zero-order chi connectivity index (χ0) is 10.7. The second kappa shape index (κ2) is 3.56. The summed E-state index contributed by atoms with van der Waals surface area (Å²) in [6.45, 7) is 0. The number of carbonyl (C=O) groups is 1. The van der Waals surface area contributed by atoms with E-state index in [-0.39, 0.29) is 6.29 Å². The Morgan fingerprint density at radius 2 is 1.93 bits per heavy atom.